The molecular formula is C13H22N2O4. The largest absolute Gasteiger partial charge is 0.390 e. The Labute approximate surface area is 112 Å². The molecule has 0 bridgehead atoms. The van der Waals surface area contributed by atoms with Crippen LogP contribution in [-0.2, 0) is 11.3 Å². The summed E-state index contributed by atoms with van der Waals surface area (Å²) in [5.41, 5.74) is 1.86. The van der Waals surface area contributed by atoms with Crippen LogP contribution in [-0.4, -0.2) is 47.3 Å². The Morgan fingerprint density at radius 1 is 1.37 bits per heavy atom. The molecule has 1 fully saturated rings. The molecule has 0 radical (unpaired) electrons. The molecule has 1 saturated carbocycles. The highest BCUT2D eigenvalue weighted by molar-refractivity contribution is 5.20. The van der Waals surface area contributed by atoms with Gasteiger partial charge in [0.05, 0.1) is 24.5 Å². The number of ether oxygens (including phenoxy) is 1. The topological polar surface area (TPSA) is 87.8 Å². The third kappa shape index (κ3) is 2.97. The number of methoxy groups -OCH3 is 1. The molecule has 6 heteroatoms. The van der Waals surface area contributed by atoms with Crippen LogP contribution in [0.15, 0.2) is 4.52 Å². The number of rotatable bonds is 5. The second-order valence-corrected chi connectivity index (χ2v) is 5.22. The number of aryl methyl sites for hydroxylation is 2. The number of aromatic nitrogens is 1. The van der Waals surface area contributed by atoms with E-state index in [1.54, 1.807) is 7.11 Å². The van der Waals surface area contributed by atoms with Crippen molar-refractivity contribution < 1.29 is 19.5 Å². The summed E-state index contributed by atoms with van der Waals surface area (Å²) in [4.78, 5) is 0. The summed E-state index contributed by atoms with van der Waals surface area (Å²) in [6, 6.07) is -0.135. The van der Waals surface area contributed by atoms with Crippen LogP contribution in [0.3, 0.4) is 0 Å². The third-order valence-corrected chi connectivity index (χ3v) is 3.90. The van der Waals surface area contributed by atoms with Crippen molar-refractivity contribution in [2.45, 2.75) is 45.1 Å². The molecule has 0 saturated heterocycles. The molecule has 19 heavy (non-hydrogen) atoms. The van der Waals surface area contributed by atoms with Crippen LogP contribution in [0.1, 0.15) is 23.4 Å². The fourth-order valence-corrected chi connectivity index (χ4v) is 2.69. The smallest absolute Gasteiger partial charge is 0.138 e. The van der Waals surface area contributed by atoms with E-state index >= 15 is 0 Å². The quantitative estimate of drug-likeness (QED) is 0.705. The van der Waals surface area contributed by atoms with Gasteiger partial charge in [-0.25, -0.2) is 0 Å². The molecule has 1 aromatic rings. The summed E-state index contributed by atoms with van der Waals surface area (Å²) in [6.45, 7) is 4.79. The lowest BCUT2D eigenvalue weighted by Crippen LogP contribution is -2.39. The van der Waals surface area contributed by atoms with Gasteiger partial charge in [-0.15, -0.1) is 0 Å². The zero-order valence-corrected chi connectivity index (χ0v) is 11.6. The van der Waals surface area contributed by atoms with Crippen molar-refractivity contribution in [3.63, 3.8) is 0 Å². The van der Waals surface area contributed by atoms with Gasteiger partial charge >= 0.3 is 0 Å². The fraction of sp³-hybridized carbons (Fsp3) is 0.769. The van der Waals surface area contributed by atoms with Gasteiger partial charge < -0.3 is 24.8 Å². The molecule has 4 atom stereocenters. The van der Waals surface area contributed by atoms with Crippen LogP contribution >= 0.6 is 0 Å². The highest BCUT2D eigenvalue weighted by Crippen LogP contribution is 2.27. The Kier molecular flexibility index (Phi) is 4.57. The predicted octanol–water partition coefficient (Wildman–Crippen LogP) is 0.138. The molecule has 0 aromatic carbocycles. The minimum atomic E-state index is -0.763. The van der Waals surface area contributed by atoms with Crippen LogP contribution < -0.4 is 5.32 Å². The van der Waals surface area contributed by atoms with Gasteiger partial charge in [0.15, 0.2) is 0 Å². The third-order valence-electron chi connectivity index (χ3n) is 3.90. The zero-order valence-electron chi connectivity index (χ0n) is 11.6. The number of nitrogens with one attached hydrogen (secondary N) is 1. The van der Waals surface area contributed by atoms with E-state index in [9.17, 15) is 10.2 Å². The molecule has 4 unspecified atom stereocenters. The summed E-state index contributed by atoms with van der Waals surface area (Å²) in [7, 11) is 1.60. The lowest BCUT2D eigenvalue weighted by Gasteiger charge is -2.18. The van der Waals surface area contributed by atoms with Gasteiger partial charge in [-0.05, 0) is 20.3 Å². The number of hydrogen-bond acceptors (Lipinski definition) is 6. The first-order chi connectivity index (χ1) is 9.04. The van der Waals surface area contributed by atoms with Crippen LogP contribution in [0.25, 0.3) is 0 Å². The van der Waals surface area contributed by atoms with E-state index < -0.39 is 12.2 Å². The highest BCUT2D eigenvalue weighted by Gasteiger charge is 2.41. The summed E-state index contributed by atoms with van der Waals surface area (Å²) in [6.07, 6.45) is -0.803. The minimum Gasteiger partial charge on any atom is -0.390 e. The first-order valence-corrected chi connectivity index (χ1v) is 6.54. The van der Waals surface area contributed by atoms with Gasteiger partial charge in [-0.1, -0.05) is 5.16 Å². The van der Waals surface area contributed by atoms with Crippen molar-refractivity contribution in [3.8, 4) is 0 Å². The lowest BCUT2D eigenvalue weighted by molar-refractivity contribution is -0.00598. The maximum Gasteiger partial charge on any atom is 0.138 e. The monoisotopic (exact) mass is 270 g/mol. The second kappa shape index (κ2) is 6.00. The number of aliphatic hydroxyl groups excluding tert-OH is 2. The van der Waals surface area contributed by atoms with Gasteiger partial charge in [0.2, 0.25) is 0 Å². The Morgan fingerprint density at radius 2 is 2.11 bits per heavy atom. The van der Waals surface area contributed by atoms with Gasteiger partial charge in [-0.3, -0.25) is 0 Å². The van der Waals surface area contributed by atoms with E-state index in [1.807, 2.05) is 13.8 Å². The fourth-order valence-electron chi connectivity index (χ4n) is 2.69. The van der Waals surface area contributed by atoms with Gasteiger partial charge in [0, 0.05) is 31.2 Å². The van der Waals surface area contributed by atoms with Crippen LogP contribution in [0.5, 0.6) is 0 Å². The molecular weight excluding hydrogens is 248 g/mol. The molecule has 1 heterocycles. The molecule has 1 aromatic heterocycles. The van der Waals surface area contributed by atoms with Gasteiger partial charge in [0.25, 0.3) is 0 Å². The van der Waals surface area contributed by atoms with Crippen LogP contribution in [0, 0.1) is 19.8 Å². The average Bonchev–Trinajstić information content (AvgIpc) is 2.83. The first-order valence-electron chi connectivity index (χ1n) is 6.54. The maximum atomic E-state index is 10.0. The minimum absolute atomic E-state index is 0.0258. The number of aliphatic hydroxyl groups is 2. The van der Waals surface area contributed by atoms with Crippen molar-refractivity contribution in [1.82, 2.24) is 10.5 Å². The average molecular weight is 270 g/mol. The molecule has 108 valence electrons. The number of nitrogens with zero attached hydrogens (tertiary/aromatic N) is 1. The molecule has 2 rings (SSSR count). The maximum absolute atomic E-state index is 10.0. The van der Waals surface area contributed by atoms with Crippen LogP contribution in [0.2, 0.25) is 0 Å². The Morgan fingerprint density at radius 3 is 2.68 bits per heavy atom. The van der Waals surface area contributed by atoms with Crippen molar-refractivity contribution in [2.24, 2.45) is 5.92 Å². The SMILES string of the molecule is COCC1CC(NCc2c(C)noc2C)C(O)C1O. The summed E-state index contributed by atoms with van der Waals surface area (Å²) in [5, 5.41) is 27.1. The van der Waals surface area contributed by atoms with Crippen molar-refractivity contribution in [2.75, 3.05) is 13.7 Å². The standard InChI is InChI=1S/C13H22N2O4/c1-7-10(8(2)19-15-7)5-14-11-4-9(6-18-3)12(16)13(11)17/h9,11-14,16-17H,4-6H2,1-3H3. The molecule has 6 nitrogen and oxygen atoms in total. The van der Waals surface area contributed by atoms with E-state index in [2.05, 4.69) is 10.5 Å². The summed E-state index contributed by atoms with van der Waals surface area (Å²) >= 11 is 0. The van der Waals surface area contributed by atoms with Crippen molar-refractivity contribution >= 4 is 0 Å². The zero-order chi connectivity index (χ0) is 14.0. The normalized spacial score (nSPS) is 31.0. The van der Waals surface area contributed by atoms with E-state index in [0.717, 1.165) is 17.0 Å². The summed E-state index contributed by atoms with van der Waals surface area (Å²) < 4.78 is 10.2. The van der Waals surface area contributed by atoms with E-state index in [4.69, 9.17) is 9.26 Å². The van der Waals surface area contributed by atoms with Crippen molar-refractivity contribution in [1.29, 1.82) is 0 Å². The highest BCUT2D eigenvalue weighted by atomic mass is 16.5. The summed E-state index contributed by atoms with van der Waals surface area (Å²) in [5.74, 6) is 0.758. The Bertz CT molecular complexity index is 401. The predicted molar refractivity (Wildman–Crippen MR) is 68.6 cm³/mol. The Balaban J connectivity index is 1.93. The first kappa shape index (κ1) is 14.5. The molecule has 0 spiro atoms. The van der Waals surface area contributed by atoms with E-state index in [-0.39, 0.29) is 12.0 Å². The molecule has 0 amide bonds. The molecule has 1 aliphatic carbocycles. The molecule has 0 aliphatic heterocycles. The van der Waals surface area contributed by atoms with Crippen molar-refractivity contribution in [3.05, 3.63) is 17.0 Å². The van der Waals surface area contributed by atoms with E-state index in [1.165, 1.54) is 0 Å². The lowest BCUT2D eigenvalue weighted by atomic mass is 10.1. The van der Waals surface area contributed by atoms with Gasteiger partial charge in [-0.2, -0.15) is 0 Å². The molecule has 3 N–H and O–H groups in total. The number of hydrogen-bond donors (Lipinski definition) is 3. The Hall–Kier alpha value is -0.950. The molecule has 1 aliphatic rings. The van der Waals surface area contributed by atoms with Crippen LogP contribution in [0.4, 0.5) is 0 Å². The second-order valence-electron chi connectivity index (χ2n) is 5.22. The van der Waals surface area contributed by atoms with E-state index in [0.29, 0.717) is 19.6 Å². The van der Waals surface area contributed by atoms with Gasteiger partial charge in [0.1, 0.15) is 5.76 Å².